The largest absolute Gasteiger partial charge is 0.350 e. The molecule has 1 aromatic heterocycles. The molecule has 102 valence electrons. The molecule has 3 heteroatoms. The minimum absolute atomic E-state index is 0.819. The summed E-state index contributed by atoms with van der Waals surface area (Å²) in [6.07, 6.45) is 3.59. The first-order chi connectivity index (χ1) is 9.24. The van der Waals surface area contributed by atoms with E-state index in [0.717, 1.165) is 12.5 Å². The normalized spacial score (nSPS) is 19.6. The molecular weight excluding hydrogens is 234 g/mol. The fourth-order valence-corrected chi connectivity index (χ4v) is 3.22. The summed E-state index contributed by atoms with van der Waals surface area (Å²) in [7, 11) is 4.37. The van der Waals surface area contributed by atoms with Crippen molar-refractivity contribution in [1.29, 1.82) is 0 Å². The van der Waals surface area contributed by atoms with E-state index in [1.807, 2.05) is 0 Å². The summed E-state index contributed by atoms with van der Waals surface area (Å²) in [6.45, 7) is 4.60. The Bertz CT molecular complexity index is 552. The van der Waals surface area contributed by atoms with E-state index in [1.165, 1.54) is 42.5 Å². The number of nitrogens with zero attached hydrogens (tertiary/aromatic N) is 2. The second-order valence-electron chi connectivity index (χ2n) is 5.84. The van der Waals surface area contributed by atoms with Crippen LogP contribution in [0.1, 0.15) is 12.0 Å². The molecule has 1 aliphatic rings. The fourth-order valence-electron chi connectivity index (χ4n) is 3.22. The van der Waals surface area contributed by atoms with Crippen molar-refractivity contribution in [3.8, 4) is 0 Å². The van der Waals surface area contributed by atoms with E-state index in [4.69, 9.17) is 0 Å². The zero-order valence-electron chi connectivity index (χ0n) is 11.9. The fraction of sp³-hybridized carbons (Fsp3) is 0.500. The number of nitrogens with one attached hydrogen (secondary N) is 1. The molecule has 0 saturated carbocycles. The topological polar surface area (TPSA) is 20.2 Å². The van der Waals surface area contributed by atoms with Gasteiger partial charge < -0.3 is 14.8 Å². The van der Waals surface area contributed by atoms with Crippen molar-refractivity contribution in [1.82, 2.24) is 14.8 Å². The Morgan fingerprint density at radius 3 is 3.00 bits per heavy atom. The van der Waals surface area contributed by atoms with Crippen molar-refractivity contribution < 1.29 is 0 Å². The van der Waals surface area contributed by atoms with Gasteiger partial charge in [0.15, 0.2) is 0 Å². The number of benzene rings is 1. The van der Waals surface area contributed by atoms with Gasteiger partial charge in [-0.2, -0.15) is 0 Å². The van der Waals surface area contributed by atoms with Gasteiger partial charge in [0, 0.05) is 37.2 Å². The summed E-state index contributed by atoms with van der Waals surface area (Å²) in [4.78, 5) is 2.46. The van der Waals surface area contributed by atoms with E-state index in [1.54, 1.807) is 0 Å². The molecule has 0 bridgehead atoms. The molecule has 1 atom stereocenters. The third-order valence-electron chi connectivity index (χ3n) is 4.15. The number of hydrogen-bond acceptors (Lipinski definition) is 2. The summed E-state index contributed by atoms with van der Waals surface area (Å²) >= 11 is 0. The molecule has 1 unspecified atom stereocenters. The molecule has 1 aliphatic heterocycles. The lowest BCUT2D eigenvalue weighted by Gasteiger charge is -2.20. The number of para-hydroxylation sites is 1. The standard InChI is InChI=1S/C16H23N3/c1-18(10-13-7-8-17-9-13)11-14-12-19(2)16-6-4-3-5-15(14)16/h3-6,12-13,17H,7-11H2,1-2H3. The van der Waals surface area contributed by atoms with Crippen LogP contribution in [0.2, 0.25) is 0 Å². The van der Waals surface area contributed by atoms with Crippen LogP contribution in [0.3, 0.4) is 0 Å². The van der Waals surface area contributed by atoms with Gasteiger partial charge in [-0.25, -0.2) is 0 Å². The predicted molar refractivity (Wildman–Crippen MR) is 80.2 cm³/mol. The quantitative estimate of drug-likeness (QED) is 0.906. The maximum atomic E-state index is 3.44. The van der Waals surface area contributed by atoms with E-state index in [0.29, 0.717) is 0 Å². The Balaban J connectivity index is 1.73. The predicted octanol–water partition coefficient (Wildman–Crippen LogP) is 2.22. The highest BCUT2D eigenvalue weighted by Gasteiger charge is 2.17. The van der Waals surface area contributed by atoms with Gasteiger partial charge in [0.1, 0.15) is 0 Å². The average molecular weight is 257 g/mol. The highest BCUT2D eigenvalue weighted by molar-refractivity contribution is 5.83. The Hall–Kier alpha value is -1.32. The average Bonchev–Trinajstić information content (AvgIpc) is 3.00. The van der Waals surface area contributed by atoms with Crippen molar-refractivity contribution in [3.63, 3.8) is 0 Å². The lowest BCUT2D eigenvalue weighted by molar-refractivity contribution is 0.279. The number of aromatic nitrogens is 1. The lowest BCUT2D eigenvalue weighted by Crippen LogP contribution is -2.26. The Kier molecular flexibility index (Phi) is 3.58. The number of rotatable bonds is 4. The van der Waals surface area contributed by atoms with E-state index < -0.39 is 0 Å². The molecule has 2 heterocycles. The maximum Gasteiger partial charge on any atom is 0.0481 e. The van der Waals surface area contributed by atoms with E-state index in [2.05, 4.69) is 59.3 Å². The third-order valence-corrected chi connectivity index (χ3v) is 4.15. The monoisotopic (exact) mass is 257 g/mol. The Morgan fingerprint density at radius 2 is 2.21 bits per heavy atom. The number of aryl methyl sites for hydroxylation is 1. The van der Waals surface area contributed by atoms with E-state index in [-0.39, 0.29) is 0 Å². The van der Waals surface area contributed by atoms with Crippen molar-refractivity contribution >= 4 is 10.9 Å². The maximum absolute atomic E-state index is 3.44. The van der Waals surface area contributed by atoms with Crippen LogP contribution in [-0.2, 0) is 13.6 Å². The SMILES string of the molecule is CN(Cc1cn(C)c2ccccc12)CC1CCNC1. The van der Waals surface area contributed by atoms with Crippen LogP contribution in [0.5, 0.6) is 0 Å². The highest BCUT2D eigenvalue weighted by atomic mass is 15.1. The van der Waals surface area contributed by atoms with Gasteiger partial charge in [-0.1, -0.05) is 18.2 Å². The summed E-state index contributed by atoms with van der Waals surface area (Å²) in [5, 5.41) is 4.83. The first-order valence-electron chi connectivity index (χ1n) is 7.16. The summed E-state index contributed by atoms with van der Waals surface area (Å²) < 4.78 is 2.23. The lowest BCUT2D eigenvalue weighted by atomic mass is 10.1. The Morgan fingerprint density at radius 1 is 1.37 bits per heavy atom. The van der Waals surface area contributed by atoms with Crippen molar-refractivity contribution in [3.05, 3.63) is 36.0 Å². The molecule has 0 amide bonds. The molecule has 3 rings (SSSR count). The second kappa shape index (κ2) is 5.35. The molecule has 2 aromatic rings. The zero-order valence-corrected chi connectivity index (χ0v) is 11.9. The van der Waals surface area contributed by atoms with Gasteiger partial charge in [0.05, 0.1) is 0 Å². The van der Waals surface area contributed by atoms with Gasteiger partial charge in [-0.05, 0) is 44.1 Å². The van der Waals surface area contributed by atoms with Crippen LogP contribution < -0.4 is 5.32 Å². The minimum atomic E-state index is 0.819. The van der Waals surface area contributed by atoms with Crippen molar-refractivity contribution in [2.24, 2.45) is 13.0 Å². The smallest absolute Gasteiger partial charge is 0.0481 e. The number of hydrogen-bond donors (Lipinski definition) is 1. The molecule has 0 radical (unpaired) electrons. The molecule has 0 spiro atoms. The van der Waals surface area contributed by atoms with Crippen molar-refractivity contribution in [2.75, 3.05) is 26.7 Å². The summed E-state index contributed by atoms with van der Waals surface area (Å²) in [5.41, 5.74) is 2.76. The first kappa shape index (κ1) is 12.7. The van der Waals surface area contributed by atoms with Crippen molar-refractivity contribution in [2.45, 2.75) is 13.0 Å². The minimum Gasteiger partial charge on any atom is -0.350 e. The van der Waals surface area contributed by atoms with Crippen LogP contribution in [0.4, 0.5) is 0 Å². The molecule has 1 fully saturated rings. The van der Waals surface area contributed by atoms with Crippen LogP contribution in [-0.4, -0.2) is 36.1 Å². The molecule has 1 saturated heterocycles. The Labute approximate surface area is 115 Å². The summed E-state index contributed by atoms with van der Waals surface area (Å²) in [6, 6.07) is 8.67. The van der Waals surface area contributed by atoms with Crippen LogP contribution in [0.15, 0.2) is 30.5 Å². The van der Waals surface area contributed by atoms with E-state index >= 15 is 0 Å². The highest BCUT2D eigenvalue weighted by Crippen LogP contribution is 2.22. The van der Waals surface area contributed by atoms with Crippen LogP contribution in [0.25, 0.3) is 10.9 Å². The van der Waals surface area contributed by atoms with Gasteiger partial charge in [-0.15, -0.1) is 0 Å². The molecule has 0 aliphatic carbocycles. The van der Waals surface area contributed by atoms with Gasteiger partial charge in [-0.3, -0.25) is 0 Å². The molecule has 19 heavy (non-hydrogen) atoms. The third kappa shape index (κ3) is 2.67. The second-order valence-corrected chi connectivity index (χ2v) is 5.84. The molecular formula is C16H23N3. The first-order valence-corrected chi connectivity index (χ1v) is 7.16. The zero-order chi connectivity index (χ0) is 13.2. The van der Waals surface area contributed by atoms with Gasteiger partial charge in [0.2, 0.25) is 0 Å². The number of fused-ring (bicyclic) bond motifs is 1. The van der Waals surface area contributed by atoms with Crippen LogP contribution in [0, 0.1) is 5.92 Å². The molecule has 3 nitrogen and oxygen atoms in total. The summed E-state index contributed by atoms with van der Waals surface area (Å²) in [5.74, 6) is 0.819. The van der Waals surface area contributed by atoms with Gasteiger partial charge in [0.25, 0.3) is 0 Å². The van der Waals surface area contributed by atoms with E-state index in [9.17, 15) is 0 Å². The van der Waals surface area contributed by atoms with Gasteiger partial charge >= 0.3 is 0 Å². The molecule has 1 N–H and O–H groups in total. The van der Waals surface area contributed by atoms with Crippen LogP contribution >= 0.6 is 0 Å². The molecule has 1 aromatic carbocycles.